The van der Waals surface area contributed by atoms with Crippen molar-refractivity contribution in [1.29, 1.82) is 0 Å². The highest BCUT2D eigenvalue weighted by Gasteiger charge is 2.19. The molecule has 0 aliphatic carbocycles. The zero-order valence-corrected chi connectivity index (χ0v) is 10.6. The molecule has 0 saturated heterocycles. The van der Waals surface area contributed by atoms with Gasteiger partial charge in [0.05, 0.1) is 17.8 Å². The number of hydrogen-bond acceptors (Lipinski definition) is 3. The average Bonchev–Trinajstić information content (AvgIpc) is 2.31. The molecule has 98 valence electrons. The Morgan fingerprint density at radius 3 is 2.44 bits per heavy atom. The van der Waals surface area contributed by atoms with Gasteiger partial charge in [0.1, 0.15) is 5.82 Å². The maximum atomic E-state index is 13.2. The zero-order chi connectivity index (χ0) is 13.9. The second-order valence-electron chi connectivity index (χ2n) is 4.15. The van der Waals surface area contributed by atoms with Crippen LogP contribution in [-0.4, -0.2) is 49.3 Å². The van der Waals surface area contributed by atoms with Crippen molar-refractivity contribution in [2.75, 3.05) is 33.4 Å². The highest BCUT2D eigenvalue weighted by Crippen LogP contribution is 2.17. The van der Waals surface area contributed by atoms with Gasteiger partial charge >= 0.3 is 0 Å². The number of carbonyl (C=O) groups excluding carboxylic acids is 2. The summed E-state index contributed by atoms with van der Waals surface area (Å²) in [6, 6.07) is 4.01. The van der Waals surface area contributed by atoms with Gasteiger partial charge in [0.2, 0.25) is 5.91 Å². The van der Waals surface area contributed by atoms with Crippen LogP contribution >= 0.6 is 0 Å². The molecule has 0 aromatic heterocycles. The Hall–Kier alpha value is -2.11. The fourth-order valence-corrected chi connectivity index (χ4v) is 1.35. The van der Waals surface area contributed by atoms with E-state index in [9.17, 15) is 14.0 Å². The summed E-state index contributed by atoms with van der Waals surface area (Å²) in [4.78, 5) is 26.0. The molecule has 0 unspecified atom stereocenters. The molecular weight excluding hydrogens is 237 g/mol. The highest BCUT2D eigenvalue weighted by molar-refractivity contribution is 6.00. The molecule has 5 nitrogen and oxygen atoms in total. The minimum absolute atomic E-state index is 0.0593. The topological polar surface area (TPSA) is 66.6 Å². The Labute approximate surface area is 105 Å². The predicted molar refractivity (Wildman–Crippen MR) is 66.5 cm³/mol. The number of carbonyl (C=O) groups is 2. The monoisotopic (exact) mass is 253 g/mol. The number of para-hydroxylation sites is 1. The molecule has 0 aliphatic heterocycles. The highest BCUT2D eigenvalue weighted by atomic mass is 19.1. The molecule has 6 heteroatoms. The van der Waals surface area contributed by atoms with Gasteiger partial charge in [0.25, 0.3) is 5.91 Å². The number of halogens is 1. The summed E-state index contributed by atoms with van der Waals surface area (Å²) in [5.41, 5.74) is 5.35. The lowest BCUT2D eigenvalue weighted by molar-refractivity contribution is -0.129. The lowest BCUT2D eigenvalue weighted by Crippen LogP contribution is -2.38. The van der Waals surface area contributed by atoms with E-state index in [2.05, 4.69) is 0 Å². The molecule has 2 N–H and O–H groups in total. The van der Waals surface area contributed by atoms with Crippen LogP contribution < -0.4 is 5.73 Å². The number of nitrogen functional groups attached to an aromatic ring is 1. The Balaban J connectivity index is 2.87. The van der Waals surface area contributed by atoms with Crippen molar-refractivity contribution in [3.63, 3.8) is 0 Å². The van der Waals surface area contributed by atoms with Crippen LogP contribution in [0.5, 0.6) is 0 Å². The van der Waals surface area contributed by atoms with E-state index in [0.717, 1.165) is 0 Å². The second kappa shape index (κ2) is 5.48. The predicted octanol–water partition coefficient (Wildman–Crippen LogP) is 0.568. The number of likely N-dealkylation sites (N-methyl/N-ethyl adjacent to an activating group) is 2. The number of anilines is 1. The minimum atomic E-state index is -0.645. The molecule has 0 heterocycles. The summed E-state index contributed by atoms with van der Waals surface area (Å²) >= 11 is 0. The third-order valence-corrected chi connectivity index (χ3v) is 2.50. The first-order chi connectivity index (χ1) is 8.34. The van der Waals surface area contributed by atoms with Crippen molar-refractivity contribution >= 4 is 17.5 Å². The van der Waals surface area contributed by atoms with Crippen molar-refractivity contribution in [3.8, 4) is 0 Å². The van der Waals surface area contributed by atoms with Crippen molar-refractivity contribution in [2.45, 2.75) is 0 Å². The molecule has 0 spiro atoms. The van der Waals surface area contributed by atoms with Crippen LogP contribution in [-0.2, 0) is 4.79 Å². The lowest BCUT2D eigenvalue weighted by atomic mass is 10.1. The Morgan fingerprint density at radius 2 is 1.89 bits per heavy atom. The first kappa shape index (κ1) is 14.0. The van der Waals surface area contributed by atoms with Crippen molar-refractivity contribution in [1.82, 2.24) is 9.80 Å². The number of hydrogen-bond donors (Lipinski definition) is 1. The van der Waals surface area contributed by atoms with Gasteiger partial charge in [-0.05, 0) is 12.1 Å². The maximum Gasteiger partial charge on any atom is 0.256 e. The first-order valence-corrected chi connectivity index (χ1v) is 5.34. The van der Waals surface area contributed by atoms with E-state index < -0.39 is 11.7 Å². The van der Waals surface area contributed by atoms with Gasteiger partial charge in [-0.3, -0.25) is 9.59 Å². The van der Waals surface area contributed by atoms with E-state index in [4.69, 9.17) is 5.73 Å². The molecule has 1 rings (SSSR count). The zero-order valence-electron chi connectivity index (χ0n) is 10.6. The van der Waals surface area contributed by atoms with Gasteiger partial charge in [-0.2, -0.15) is 0 Å². The van der Waals surface area contributed by atoms with Crippen LogP contribution in [0.25, 0.3) is 0 Å². The van der Waals surface area contributed by atoms with Crippen molar-refractivity contribution < 1.29 is 14.0 Å². The molecule has 1 aromatic rings. The molecule has 2 amide bonds. The lowest BCUT2D eigenvalue weighted by Gasteiger charge is -2.20. The fraction of sp³-hybridized carbons (Fsp3) is 0.333. The number of amides is 2. The normalized spacial score (nSPS) is 10.0. The molecule has 0 fully saturated rings. The smallest absolute Gasteiger partial charge is 0.256 e. The van der Waals surface area contributed by atoms with E-state index in [1.807, 2.05) is 0 Å². The van der Waals surface area contributed by atoms with Gasteiger partial charge < -0.3 is 15.5 Å². The second-order valence-corrected chi connectivity index (χ2v) is 4.15. The van der Waals surface area contributed by atoms with Crippen molar-refractivity contribution in [2.24, 2.45) is 0 Å². The molecule has 0 atom stereocenters. The number of nitrogens with two attached hydrogens (primary N) is 1. The fourth-order valence-electron chi connectivity index (χ4n) is 1.35. The van der Waals surface area contributed by atoms with E-state index >= 15 is 0 Å². The summed E-state index contributed by atoms with van der Waals surface area (Å²) in [6.07, 6.45) is 0. The SMILES string of the molecule is CN(C)C(=O)CN(C)C(=O)c1cccc(F)c1N. The average molecular weight is 253 g/mol. The largest absolute Gasteiger partial charge is 0.396 e. The standard InChI is InChI=1S/C12H16FN3O2/c1-15(2)10(17)7-16(3)12(18)8-5-4-6-9(13)11(8)14/h4-6H,7,14H2,1-3H3. The van der Waals surface area contributed by atoms with E-state index in [1.165, 1.54) is 35.0 Å². The van der Waals surface area contributed by atoms with Crippen LogP contribution in [0.1, 0.15) is 10.4 Å². The maximum absolute atomic E-state index is 13.2. The van der Waals surface area contributed by atoms with Gasteiger partial charge in [0.15, 0.2) is 0 Å². The quantitative estimate of drug-likeness (QED) is 0.801. The first-order valence-electron chi connectivity index (χ1n) is 5.34. The van der Waals surface area contributed by atoms with Gasteiger partial charge in [-0.25, -0.2) is 4.39 Å². The molecule has 18 heavy (non-hydrogen) atoms. The Morgan fingerprint density at radius 1 is 1.28 bits per heavy atom. The molecule has 0 saturated carbocycles. The van der Waals surface area contributed by atoms with Crippen LogP contribution in [0, 0.1) is 5.82 Å². The third-order valence-electron chi connectivity index (χ3n) is 2.50. The molecule has 1 aromatic carbocycles. The van der Waals surface area contributed by atoms with E-state index in [0.29, 0.717) is 0 Å². The molecular formula is C12H16FN3O2. The minimum Gasteiger partial charge on any atom is -0.396 e. The Kier molecular flexibility index (Phi) is 4.25. The summed E-state index contributed by atoms with van der Waals surface area (Å²) in [5, 5.41) is 0. The van der Waals surface area contributed by atoms with E-state index in [1.54, 1.807) is 14.1 Å². The summed E-state index contributed by atoms with van der Waals surface area (Å²) < 4.78 is 13.2. The van der Waals surface area contributed by atoms with Crippen molar-refractivity contribution in [3.05, 3.63) is 29.6 Å². The van der Waals surface area contributed by atoms with Crippen LogP contribution in [0.2, 0.25) is 0 Å². The number of nitrogens with zero attached hydrogens (tertiary/aromatic N) is 2. The summed E-state index contributed by atoms with van der Waals surface area (Å²) in [7, 11) is 4.66. The number of benzene rings is 1. The Bertz CT molecular complexity index is 474. The summed E-state index contributed by atoms with van der Waals surface area (Å²) in [5.74, 6) is -1.35. The number of rotatable bonds is 3. The molecule has 0 bridgehead atoms. The van der Waals surface area contributed by atoms with Gasteiger partial charge in [0, 0.05) is 21.1 Å². The van der Waals surface area contributed by atoms with E-state index in [-0.39, 0.29) is 23.7 Å². The van der Waals surface area contributed by atoms with Crippen LogP contribution in [0.4, 0.5) is 10.1 Å². The van der Waals surface area contributed by atoms with Gasteiger partial charge in [-0.1, -0.05) is 6.07 Å². The van der Waals surface area contributed by atoms with Gasteiger partial charge in [-0.15, -0.1) is 0 Å². The summed E-state index contributed by atoms with van der Waals surface area (Å²) in [6.45, 7) is -0.0816. The molecule has 0 aliphatic rings. The van der Waals surface area contributed by atoms with Crippen LogP contribution in [0.3, 0.4) is 0 Å². The third kappa shape index (κ3) is 2.97. The van der Waals surface area contributed by atoms with Crippen LogP contribution in [0.15, 0.2) is 18.2 Å². The molecule has 0 radical (unpaired) electrons.